The summed E-state index contributed by atoms with van der Waals surface area (Å²) in [5.74, 6) is -0.626. The van der Waals surface area contributed by atoms with E-state index in [1.54, 1.807) is 0 Å². The second-order valence-electron chi connectivity index (χ2n) is 9.09. The van der Waals surface area contributed by atoms with Crippen molar-refractivity contribution < 1.29 is 13.6 Å². The number of hydrogen-bond donors (Lipinski definition) is 1. The third kappa shape index (κ3) is 4.73. The maximum absolute atomic E-state index is 14.5. The summed E-state index contributed by atoms with van der Waals surface area (Å²) in [6.45, 7) is 9.46. The fourth-order valence-electron chi connectivity index (χ4n) is 4.79. The van der Waals surface area contributed by atoms with Gasteiger partial charge < -0.3 is 5.32 Å². The van der Waals surface area contributed by atoms with E-state index in [1.807, 2.05) is 18.5 Å². The Morgan fingerprint density at radius 3 is 2.43 bits per heavy atom. The molecule has 0 bridgehead atoms. The number of carbonyl (C=O) groups excluding carboxylic acids is 1. The molecule has 164 valence electrons. The largest absolute Gasteiger partial charge is 0.355 e. The van der Waals surface area contributed by atoms with Gasteiger partial charge in [-0.05, 0) is 56.7 Å². The topological polar surface area (TPSA) is 46.9 Å². The highest BCUT2D eigenvalue weighted by atomic mass is 19.1. The van der Waals surface area contributed by atoms with Crippen molar-refractivity contribution in [3.63, 3.8) is 0 Å². The van der Waals surface area contributed by atoms with Gasteiger partial charge in [-0.3, -0.25) is 9.48 Å². The Morgan fingerprint density at radius 2 is 1.83 bits per heavy atom. The molecule has 1 N–H and O–H groups in total. The molecule has 0 atom stereocenters. The molecule has 1 fully saturated rings. The molecule has 1 amide bonds. The predicted molar refractivity (Wildman–Crippen MR) is 114 cm³/mol. The van der Waals surface area contributed by atoms with Crippen LogP contribution in [0.1, 0.15) is 68.5 Å². The lowest BCUT2D eigenvalue weighted by Gasteiger charge is -2.30. The number of nitrogens with one attached hydrogen (secondary N) is 1. The normalized spacial score (nSPS) is 15.7. The molecular formula is C24H33F2N3O. The minimum Gasteiger partial charge on any atom is -0.355 e. The monoisotopic (exact) mass is 417 g/mol. The molecule has 2 aromatic rings. The Kier molecular flexibility index (Phi) is 6.94. The predicted octanol–water partition coefficient (Wildman–Crippen LogP) is 4.99. The first kappa shape index (κ1) is 22.4. The molecule has 0 aliphatic heterocycles. The zero-order chi connectivity index (χ0) is 21.9. The number of amides is 1. The van der Waals surface area contributed by atoms with Crippen molar-refractivity contribution in [2.75, 3.05) is 6.54 Å². The quantitative estimate of drug-likeness (QED) is 0.657. The van der Waals surface area contributed by atoms with Gasteiger partial charge in [0.25, 0.3) is 0 Å². The highest BCUT2D eigenvalue weighted by Crippen LogP contribution is 2.42. The van der Waals surface area contributed by atoms with E-state index in [4.69, 9.17) is 0 Å². The second-order valence-corrected chi connectivity index (χ2v) is 9.09. The van der Waals surface area contributed by atoms with Gasteiger partial charge in [-0.2, -0.15) is 5.10 Å². The Bertz CT molecular complexity index is 878. The summed E-state index contributed by atoms with van der Waals surface area (Å²) in [5, 5.41) is 7.58. The van der Waals surface area contributed by atoms with Crippen molar-refractivity contribution in [2.24, 2.45) is 5.92 Å². The van der Waals surface area contributed by atoms with Crippen LogP contribution in [-0.4, -0.2) is 22.2 Å². The average molecular weight is 418 g/mol. The van der Waals surface area contributed by atoms with E-state index in [9.17, 15) is 13.6 Å². The van der Waals surface area contributed by atoms with E-state index in [0.29, 0.717) is 31.6 Å². The van der Waals surface area contributed by atoms with Crippen molar-refractivity contribution in [3.8, 4) is 0 Å². The van der Waals surface area contributed by atoms with Crippen LogP contribution in [0.15, 0.2) is 18.2 Å². The molecule has 6 heteroatoms. The summed E-state index contributed by atoms with van der Waals surface area (Å²) in [6, 6.07) is 4.00. The third-order valence-electron chi connectivity index (χ3n) is 6.35. The Hall–Kier alpha value is -2.24. The Labute approximate surface area is 178 Å². The van der Waals surface area contributed by atoms with Crippen LogP contribution >= 0.6 is 0 Å². The van der Waals surface area contributed by atoms with Crippen molar-refractivity contribution in [2.45, 2.75) is 78.2 Å². The number of aryl methyl sites for hydroxylation is 1. The summed E-state index contributed by atoms with van der Waals surface area (Å²) >= 11 is 0. The van der Waals surface area contributed by atoms with Gasteiger partial charge in [0.1, 0.15) is 11.6 Å². The first-order valence-electron chi connectivity index (χ1n) is 11.0. The van der Waals surface area contributed by atoms with Crippen LogP contribution in [0, 0.1) is 31.4 Å². The number of carbonyl (C=O) groups is 1. The van der Waals surface area contributed by atoms with E-state index in [0.717, 1.165) is 36.3 Å². The molecule has 1 heterocycles. The molecule has 1 aromatic carbocycles. The number of rotatable bonds is 8. The van der Waals surface area contributed by atoms with E-state index < -0.39 is 17.0 Å². The molecule has 0 unspecified atom stereocenters. The van der Waals surface area contributed by atoms with Gasteiger partial charge in [0.2, 0.25) is 5.91 Å². The Morgan fingerprint density at radius 1 is 1.20 bits per heavy atom. The van der Waals surface area contributed by atoms with E-state index in [2.05, 4.69) is 24.3 Å². The van der Waals surface area contributed by atoms with Crippen molar-refractivity contribution >= 4 is 5.91 Å². The molecular weight excluding hydrogens is 384 g/mol. The summed E-state index contributed by atoms with van der Waals surface area (Å²) in [4.78, 5) is 12.6. The van der Waals surface area contributed by atoms with E-state index >= 15 is 0 Å². The molecule has 4 nitrogen and oxygen atoms in total. The van der Waals surface area contributed by atoms with Crippen LogP contribution in [0.2, 0.25) is 0 Å². The van der Waals surface area contributed by atoms with Crippen LogP contribution in [-0.2, 0) is 23.2 Å². The minimum absolute atomic E-state index is 0.0894. The van der Waals surface area contributed by atoms with E-state index in [1.165, 1.54) is 18.2 Å². The number of nitrogens with zero attached hydrogens (tertiary/aromatic N) is 2. The highest BCUT2D eigenvalue weighted by Gasteiger charge is 2.40. The minimum atomic E-state index is -0.654. The van der Waals surface area contributed by atoms with Crippen molar-refractivity contribution in [1.29, 1.82) is 0 Å². The van der Waals surface area contributed by atoms with Crippen molar-refractivity contribution in [1.82, 2.24) is 15.1 Å². The van der Waals surface area contributed by atoms with Crippen LogP contribution < -0.4 is 5.32 Å². The lowest BCUT2D eigenvalue weighted by atomic mass is 9.78. The zero-order valence-electron chi connectivity index (χ0n) is 18.5. The fourth-order valence-corrected chi connectivity index (χ4v) is 4.79. The van der Waals surface area contributed by atoms with Gasteiger partial charge in [0, 0.05) is 36.2 Å². The number of benzene rings is 1. The van der Waals surface area contributed by atoms with Gasteiger partial charge in [-0.25, -0.2) is 8.78 Å². The fraction of sp³-hybridized carbons (Fsp3) is 0.583. The average Bonchev–Trinajstić information content (AvgIpc) is 3.24. The van der Waals surface area contributed by atoms with Gasteiger partial charge in [0.15, 0.2) is 0 Å². The number of hydrogen-bond acceptors (Lipinski definition) is 2. The highest BCUT2D eigenvalue weighted by molar-refractivity contribution is 5.76. The van der Waals surface area contributed by atoms with Gasteiger partial charge in [-0.15, -0.1) is 0 Å². The number of halogens is 2. The van der Waals surface area contributed by atoms with Gasteiger partial charge >= 0.3 is 0 Å². The van der Waals surface area contributed by atoms with Crippen molar-refractivity contribution in [3.05, 3.63) is 52.3 Å². The molecule has 0 radical (unpaired) electrons. The Balaban J connectivity index is 1.65. The zero-order valence-corrected chi connectivity index (χ0v) is 18.5. The molecule has 0 spiro atoms. The van der Waals surface area contributed by atoms with Gasteiger partial charge in [-0.1, -0.05) is 32.8 Å². The third-order valence-corrected chi connectivity index (χ3v) is 6.35. The SMILES string of the molecule is Cc1nn(CC(C)C)c(C)c1CCC(=O)NCC1(c2c(F)cccc2F)CCCC1. The lowest BCUT2D eigenvalue weighted by molar-refractivity contribution is -0.121. The second kappa shape index (κ2) is 9.27. The summed E-state index contributed by atoms with van der Waals surface area (Å²) in [6.07, 6.45) is 4.15. The number of aromatic nitrogens is 2. The molecule has 1 aromatic heterocycles. The van der Waals surface area contributed by atoms with Crippen LogP contribution in [0.5, 0.6) is 0 Å². The summed E-state index contributed by atoms with van der Waals surface area (Å²) in [5.41, 5.74) is 2.65. The molecule has 1 saturated carbocycles. The summed E-state index contributed by atoms with van der Waals surface area (Å²) in [7, 11) is 0. The van der Waals surface area contributed by atoms with Gasteiger partial charge in [0.05, 0.1) is 5.69 Å². The van der Waals surface area contributed by atoms with Crippen LogP contribution in [0.3, 0.4) is 0 Å². The first-order chi connectivity index (χ1) is 14.2. The lowest BCUT2D eigenvalue weighted by Crippen LogP contribution is -2.40. The van der Waals surface area contributed by atoms with Crippen LogP contribution in [0.25, 0.3) is 0 Å². The first-order valence-corrected chi connectivity index (χ1v) is 11.0. The maximum atomic E-state index is 14.5. The molecule has 3 rings (SSSR count). The van der Waals surface area contributed by atoms with Crippen LogP contribution in [0.4, 0.5) is 8.78 Å². The standard InChI is InChI=1S/C24H33F2N3O/c1-16(2)14-29-18(4)19(17(3)28-29)10-11-22(30)27-15-24(12-5-6-13-24)23-20(25)8-7-9-21(23)26/h7-9,16H,5-6,10-15H2,1-4H3,(H,27,30). The summed E-state index contributed by atoms with van der Waals surface area (Å²) < 4.78 is 30.9. The molecule has 1 aliphatic rings. The molecule has 30 heavy (non-hydrogen) atoms. The molecule has 1 aliphatic carbocycles. The smallest absolute Gasteiger partial charge is 0.220 e. The van der Waals surface area contributed by atoms with E-state index in [-0.39, 0.29) is 18.0 Å². The molecule has 0 saturated heterocycles. The maximum Gasteiger partial charge on any atom is 0.220 e.